The van der Waals surface area contributed by atoms with Crippen molar-refractivity contribution < 1.29 is 9.90 Å². The van der Waals surface area contributed by atoms with Gasteiger partial charge in [0.15, 0.2) is 0 Å². The van der Waals surface area contributed by atoms with Gasteiger partial charge in [-0.05, 0) is 30.5 Å². The van der Waals surface area contributed by atoms with E-state index in [-0.39, 0.29) is 11.7 Å². The van der Waals surface area contributed by atoms with Crippen LogP contribution in [0.1, 0.15) is 40.4 Å². The normalized spacial score (nSPS) is 15.3. The number of rotatable bonds is 4. The van der Waals surface area contributed by atoms with Gasteiger partial charge in [0.25, 0.3) is 5.91 Å². The fourth-order valence-corrected chi connectivity index (χ4v) is 3.13. The first-order chi connectivity index (χ1) is 11.1. The van der Waals surface area contributed by atoms with Crippen molar-refractivity contribution in [2.24, 2.45) is 0 Å². The number of allylic oxidation sites excluding steroid dienone is 1. The predicted octanol–water partition coefficient (Wildman–Crippen LogP) is 4.01. The first kappa shape index (κ1) is 15.3. The zero-order valence-corrected chi connectivity index (χ0v) is 13.5. The minimum absolute atomic E-state index is 0.0290. The number of phenols is 1. The number of fused-ring (bicyclic) bond motifs is 1. The second-order valence-electron chi connectivity index (χ2n) is 5.88. The van der Waals surface area contributed by atoms with Gasteiger partial charge in [-0.2, -0.15) is 0 Å². The quantitative estimate of drug-likeness (QED) is 0.927. The van der Waals surface area contributed by atoms with Crippen LogP contribution in [0, 0.1) is 0 Å². The zero-order chi connectivity index (χ0) is 16.4. The maximum absolute atomic E-state index is 12.6. The Bertz CT molecular complexity index is 763. The van der Waals surface area contributed by atoms with Gasteiger partial charge in [0.2, 0.25) is 0 Å². The third-order valence-electron chi connectivity index (χ3n) is 4.32. The number of aromatic hydroxyl groups is 1. The Morgan fingerprint density at radius 3 is 2.57 bits per heavy atom. The molecule has 1 aliphatic rings. The highest BCUT2D eigenvalue weighted by Crippen LogP contribution is 2.38. The summed E-state index contributed by atoms with van der Waals surface area (Å²) in [5.74, 6) is 0.190. The molecule has 0 radical (unpaired) electrons. The lowest BCUT2D eigenvalue weighted by molar-refractivity contribution is 0.0873. The molecular weight excluding hydrogens is 286 g/mol. The Hall–Kier alpha value is -2.55. The van der Waals surface area contributed by atoms with E-state index in [2.05, 4.69) is 18.2 Å². The first-order valence-electron chi connectivity index (χ1n) is 8.00. The van der Waals surface area contributed by atoms with E-state index in [1.807, 2.05) is 31.2 Å². The number of carbonyl (C=O) groups is 1. The number of hydrogen-bond donors (Lipinski definition) is 1. The summed E-state index contributed by atoms with van der Waals surface area (Å²) in [7, 11) is 1.80. The summed E-state index contributed by atoms with van der Waals surface area (Å²) in [6, 6.07) is 13.7. The predicted molar refractivity (Wildman–Crippen MR) is 92.3 cm³/mol. The molecule has 0 bridgehead atoms. The molecule has 3 rings (SSSR count). The Morgan fingerprint density at radius 2 is 1.87 bits per heavy atom. The van der Waals surface area contributed by atoms with Crippen molar-refractivity contribution in [1.29, 1.82) is 0 Å². The van der Waals surface area contributed by atoms with Crippen molar-refractivity contribution in [2.75, 3.05) is 7.05 Å². The molecule has 1 N–H and O–H groups in total. The van der Waals surface area contributed by atoms with Crippen LogP contribution in [0.25, 0.3) is 5.70 Å². The highest BCUT2D eigenvalue weighted by atomic mass is 16.3. The molecule has 118 valence electrons. The van der Waals surface area contributed by atoms with Gasteiger partial charge in [0, 0.05) is 23.9 Å². The van der Waals surface area contributed by atoms with E-state index < -0.39 is 0 Å². The van der Waals surface area contributed by atoms with Crippen LogP contribution in [0.3, 0.4) is 0 Å². The molecule has 1 aliphatic heterocycles. The maximum Gasteiger partial charge on any atom is 0.259 e. The van der Waals surface area contributed by atoms with Crippen LogP contribution in [-0.2, 0) is 12.8 Å². The Morgan fingerprint density at radius 1 is 1.13 bits per heavy atom. The van der Waals surface area contributed by atoms with Crippen LogP contribution >= 0.6 is 0 Å². The third-order valence-corrected chi connectivity index (χ3v) is 4.32. The van der Waals surface area contributed by atoms with Gasteiger partial charge in [-0.1, -0.05) is 49.8 Å². The molecule has 0 unspecified atom stereocenters. The summed E-state index contributed by atoms with van der Waals surface area (Å²) >= 11 is 0. The molecule has 0 atom stereocenters. The number of nitrogens with zero attached hydrogens (tertiary/aromatic N) is 1. The van der Waals surface area contributed by atoms with Crippen molar-refractivity contribution in [3.05, 3.63) is 70.8 Å². The van der Waals surface area contributed by atoms with E-state index >= 15 is 0 Å². The molecule has 1 heterocycles. The second-order valence-corrected chi connectivity index (χ2v) is 5.88. The molecule has 23 heavy (non-hydrogen) atoms. The molecule has 0 aliphatic carbocycles. The first-order valence-corrected chi connectivity index (χ1v) is 8.00. The summed E-state index contributed by atoms with van der Waals surface area (Å²) < 4.78 is 0. The monoisotopic (exact) mass is 307 g/mol. The van der Waals surface area contributed by atoms with Crippen LogP contribution in [0.15, 0.2) is 48.5 Å². The number of carbonyl (C=O) groups excluding carboxylic acids is 1. The van der Waals surface area contributed by atoms with Gasteiger partial charge in [-0.3, -0.25) is 4.79 Å². The van der Waals surface area contributed by atoms with Gasteiger partial charge < -0.3 is 10.0 Å². The lowest BCUT2D eigenvalue weighted by Crippen LogP contribution is -2.18. The Labute approximate surface area is 136 Å². The van der Waals surface area contributed by atoms with Crippen molar-refractivity contribution >= 4 is 11.6 Å². The van der Waals surface area contributed by atoms with Crippen LogP contribution in [0.2, 0.25) is 0 Å². The highest BCUT2D eigenvalue weighted by Gasteiger charge is 2.32. The smallest absolute Gasteiger partial charge is 0.259 e. The molecule has 1 amide bonds. The van der Waals surface area contributed by atoms with Gasteiger partial charge in [0.1, 0.15) is 5.75 Å². The number of phenolic OH excluding ortho intramolecular Hbond substituents is 1. The van der Waals surface area contributed by atoms with E-state index in [0.717, 1.165) is 29.7 Å². The Kier molecular flexibility index (Phi) is 4.20. The highest BCUT2D eigenvalue weighted by molar-refractivity contribution is 6.10. The molecule has 2 aromatic carbocycles. The lowest BCUT2D eigenvalue weighted by Gasteiger charge is -2.11. The molecule has 0 saturated heterocycles. The maximum atomic E-state index is 12.6. The van der Waals surface area contributed by atoms with Crippen LogP contribution in [0.5, 0.6) is 5.75 Å². The largest absolute Gasteiger partial charge is 0.508 e. The van der Waals surface area contributed by atoms with Crippen LogP contribution in [-0.4, -0.2) is 23.0 Å². The molecule has 0 saturated carbocycles. The van der Waals surface area contributed by atoms with Gasteiger partial charge in [0.05, 0.1) is 5.56 Å². The van der Waals surface area contributed by atoms with Crippen LogP contribution in [0.4, 0.5) is 0 Å². The SMILES string of the molecule is CCCc1c(O)ccc2c1C(=O)N(C)/C2=C/Cc1ccccc1. The summed E-state index contributed by atoms with van der Waals surface area (Å²) in [5.41, 5.74) is 4.49. The molecule has 0 spiro atoms. The average Bonchev–Trinajstić information content (AvgIpc) is 2.81. The number of benzene rings is 2. The van der Waals surface area contributed by atoms with Gasteiger partial charge in [-0.25, -0.2) is 0 Å². The number of hydrogen-bond acceptors (Lipinski definition) is 2. The molecular formula is C20H21NO2. The molecule has 0 fully saturated rings. The summed E-state index contributed by atoms with van der Waals surface area (Å²) in [6.07, 6.45) is 4.47. The van der Waals surface area contributed by atoms with Gasteiger partial charge in [-0.15, -0.1) is 0 Å². The fourth-order valence-electron chi connectivity index (χ4n) is 3.13. The average molecular weight is 307 g/mol. The molecule has 3 nitrogen and oxygen atoms in total. The van der Waals surface area contributed by atoms with Crippen LogP contribution < -0.4 is 0 Å². The lowest BCUT2D eigenvalue weighted by atomic mass is 9.97. The van der Waals surface area contributed by atoms with E-state index in [1.54, 1.807) is 18.0 Å². The third kappa shape index (κ3) is 2.74. The molecule has 2 aromatic rings. The van der Waals surface area contributed by atoms with Crippen molar-refractivity contribution in [1.82, 2.24) is 4.90 Å². The summed E-state index contributed by atoms with van der Waals surface area (Å²) in [6.45, 7) is 2.05. The van der Waals surface area contributed by atoms with E-state index in [1.165, 1.54) is 5.56 Å². The standard InChI is InChI=1S/C20H21NO2/c1-3-7-16-18(22)13-11-15-17(21(2)20(23)19(15)16)12-10-14-8-5-4-6-9-14/h4-6,8-9,11-13,22H,3,7,10H2,1-2H3/b17-12+. The van der Waals surface area contributed by atoms with Crippen molar-refractivity contribution in [3.63, 3.8) is 0 Å². The summed E-state index contributed by atoms with van der Waals surface area (Å²) in [4.78, 5) is 14.3. The molecule has 3 heteroatoms. The molecule has 0 aromatic heterocycles. The van der Waals surface area contributed by atoms with E-state index in [9.17, 15) is 9.90 Å². The minimum Gasteiger partial charge on any atom is -0.508 e. The number of amides is 1. The minimum atomic E-state index is -0.0290. The fraction of sp³-hybridized carbons (Fsp3) is 0.250. The van der Waals surface area contributed by atoms with Crippen molar-refractivity contribution in [2.45, 2.75) is 26.2 Å². The topological polar surface area (TPSA) is 40.5 Å². The second kappa shape index (κ2) is 6.29. The zero-order valence-electron chi connectivity index (χ0n) is 13.5. The van der Waals surface area contributed by atoms with Gasteiger partial charge >= 0.3 is 0 Å². The van der Waals surface area contributed by atoms with E-state index in [4.69, 9.17) is 0 Å². The summed E-state index contributed by atoms with van der Waals surface area (Å²) in [5, 5.41) is 10.1. The van der Waals surface area contributed by atoms with Crippen molar-refractivity contribution in [3.8, 4) is 5.75 Å². The van der Waals surface area contributed by atoms with E-state index in [0.29, 0.717) is 12.0 Å². The Balaban J connectivity index is 2.02.